The van der Waals surface area contributed by atoms with E-state index in [1.807, 2.05) is 0 Å². The number of carbonyl (C=O) groups is 2. The Hall–Kier alpha value is -1.50. The number of benzene rings is 1. The Kier molecular flexibility index (Phi) is 8.48. The van der Waals surface area contributed by atoms with Crippen LogP contribution in [0.2, 0.25) is 10.0 Å². The third-order valence-electron chi connectivity index (χ3n) is 4.30. The van der Waals surface area contributed by atoms with Gasteiger partial charge in [0.2, 0.25) is 11.8 Å². The van der Waals surface area contributed by atoms with Gasteiger partial charge in [-0.15, -0.1) is 0 Å². The summed E-state index contributed by atoms with van der Waals surface area (Å²) in [6.45, 7) is 2.42. The highest BCUT2D eigenvalue weighted by Gasteiger charge is 2.27. The van der Waals surface area contributed by atoms with E-state index in [0.717, 1.165) is 12.8 Å². The van der Waals surface area contributed by atoms with Crippen LogP contribution in [0.1, 0.15) is 25.7 Å². The van der Waals surface area contributed by atoms with Crippen molar-refractivity contribution in [1.82, 2.24) is 10.2 Å². The number of nitrogens with zero attached hydrogens (tertiary/aromatic N) is 1. The van der Waals surface area contributed by atoms with Crippen LogP contribution >= 0.6 is 23.2 Å². The molecule has 0 spiro atoms. The van der Waals surface area contributed by atoms with E-state index in [1.165, 1.54) is 0 Å². The monoisotopic (exact) mass is 401 g/mol. The van der Waals surface area contributed by atoms with Gasteiger partial charge in [-0.2, -0.15) is 0 Å². The molecule has 0 radical (unpaired) electrons. The van der Waals surface area contributed by atoms with E-state index in [2.05, 4.69) is 5.32 Å². The van der Waals surface area contributed by atoms with Gasteiger partial charge in [0.15, 0.2) is 0 Å². The van der Waals surface area contributed by atoms with Crippen molar-refractivity contribution in [2.45, 2.75) is 25.7 Å². The lowest BCUT2D eigenvalue weighted by Crippen LogP contribution is -2.46. The van der Waals surface area contributed by atoms with Crippen LogP contribution in [0.25, 0.3) is 0 Å². The van der Waals surface area contributed by atoms with Crippen molar-refractivity contribution in [1.29, 1.82) is 0 Å². The molecule has 1 fully saturated rings. The number of ether oxygens (including phenoxy) is 1. The van der Waals surface area contributed by atoms with Crippen molar-refractivity contribution >= 4 is 35.0 Å². The van der Waals surface area contributed by atoms with Crippen LogP contribution in [0, 0.1) is 5.92 Å². The molecule has 144 valence electrons. The molecular weight excluding hydrogens is 377 g/mol. The maximum Gasteiger partial charge on any atom is 0.224 e. The molecule has 0 saturated carbocycles. The lowest BCUT2D eigenvalue weighted by molar-refractivity contribution is -0.135. The summed E-state index contributed by atoms with van der Waals surface area (Å²) in [5.74, 6) is 0.385. The Morgan fingerprint density at radius 3 is 2.92 bits per heavy atom. The first-order chi connectivity index (χ1) is 12.5. The number of amides is 2. The quantitative estimate of drug-likeness (QED) is 0.655. The molecule has 1 unspecified atom stereocenters. The molecule has 2 amide bonds. The molecule has 1 aromatic rings. The van der Waals surface area contributed by atoms with Gasteiger partial charge in [-0.05, 0) is 31.4 Å². The molecule has 1 atom stereocenters. The van der Waals surface area contributed by atoms with Gasteiger partial charge in [0.1, 0.15) is 10.8 Å². The molecule has 0 bridgehead atoms. The summed E-state index contributed by atoms with van der Waals surface area (Å²) >= 11 is 12.0. The fourth-order valence-corrected chi connectivity index (χ4v) is 3.26. The Bertz CT molecular complexity index is 628. The smallest absolute Gasteiger partial charge is 0.224 e. The maximum atomic E-state index is 12.4. The van der Waals surface area contributed by atoms with Crippen molar-refractivity contribution in [3.8, 4) is 5.75 Å². The van der Waals surface area contributed by atoms with E-state index >= 15 is 0 Å². The highest BCUT2D eigenvalue weighted by Crippen LogP contribution is 2.31. The second kappa shape index (κ2) is 10.6. The minimum atomic E-state index is -0.152. The highest BCUT2D eigenvalue weighted by molar-refractivity contribution is 6.42. The van der Waals surface area contributed by atoms with Crippen LogP contribution < -0.4 is 15.8 Å². The minimum absolute atomic E-state index is 0.0214. The average molecular weight is 402 g/mol. The summed E-state index contributed by atoms with van der Waals surface area (Å²) in [6, 6.07) is 5.19. The average Bonchev–Trinajstić information content (AvgIpc) is 2.66. The SMILES string of the molecule is NCCNC(=O)C1CCCN(C(=O)CCCOc2cccc(Cl)c2Cl)C1. The largest absolute Gasteiger partial charge is 0.492 e. The van der Waals surface area contributed by atoms with Gasteiger partial charge in [0, 0.05) is 32.6 Å². The van der Waals surface area contributed by atoms with E-state index in [4.69, 9.17) is 33.7 Å². The molecule has 0 aromatic heterocycles. The minimum Gasteiger partial charge on any atom is -0.492 e. The van der Waals surface area contributed by atoms with E-state index in [0.29, 0.717) is 61.4 Å². The number of halogens is 2. The molecule has 1 aliphatic rings. The zero-order valence-electron chi connectivity index (χ0n) is 14.7. The number of hydrogen-bond acceptors (Lipinski definition) is 4. The summed E-state index contributed by atoms with van der Waals surface area (Å²) < 4.78 is 5.60. The summed E-state index contributed by atoms with van der Waals surface area (Å²) in [5, 5.41) is 3.61. The molecular formula is C18H25Cl2N3O3. The fourth-order valence-electron chi connectivity index (χ4n) is 2.92. The number of likely N-dealkylation sites (tertiary alicyclic amines) is 1. The van der Waals surface area contributed by atoms with Gasteiger partial charge >= 0.3 is 0 Å². The zero-order valence-corrected chi connectivity index (χ0v) is 16.2. The topological polar surface area (TPSA) is 84.7 Å². The number of nitrogens with two attached hydrogens (primary N) is 1. The second-order valence-corrected chi connectivity index (χ2v) is 7.05. The number of rotatable bonds is 8. The van der Waals surface area contributed by atoms with Crippen molar-refractivity contribution in [3.63, 3.8) is 0 Å². The molecule has 26 heavy (non-hydrogen) atoms. The molecule has 1 saturated heterocycles. The van der Waals surface area contributed by atoms with Crippen molar-refractivity contribution < 1.29 is 14.3 Å². The van der Waals surface area contributed by atoms with Gasteiger partial charge in [-0.1, -0.05) is 29.3 Å². The predicted octanol–water partition coefficient (Wildman–Crippen LogP) is 2.47. The first-order valence-corrected chi connectivity index (χ1v) is 9.61. The summed E-state index contributed by atoms with van der Waals surface area (Å²) in [7, 11) is 0. The summed E-state index contributed by atoms with van der Waals surface area (Å²) in [5.41, 5.74) is 5.40. The molecule has 8 heteroatoms. The molecule has 1 aromatic carbocycles. The van der Waals surface area contributed by atoms with Crippen molar-refractivity contribution in [2.24, 2.45) is 11.7 Å². The van der Waals surface area contributed by atoms with Crippen LogP contribution in [-0.2, 0) is 9.59 Å². The maximum absolute atomic E-state index is 12.4. The third kappa shape index (κ3) is 6.04. The van der Waals surface area contributed by atoms with Gasteiger partial charge in [-0.25, -0.2) is 0 Å². The molecule has 3 N–H and O–H groups in total. The molecule has 1 aliphatic heterocycles. The number of piperidine rings is 1. The summed E-state index contributed by atoms with van der Waals surface area (Å²) in [6.07, 6.45) is 2.58. The number of hydrogen-bond donors (Lipinski definition) is 2. The second-order valence-electron chi connectivity index (χ2n) is 6.26. The van der Waals surface area contributed by atoms with Crippen molar-refractivity contribution in [3.05, 3.63) is 28.2 Å². The van der Waals surface area contributed by atoms with Crippen LogP contribution in [0.4, 0.5) is 0 Å². The van der Waals surface area contributed by atoms with Gasteiger partial charge < -0.3 is 20.7 Å². The van der Waals surface area contributed by atoms with Gasteiger partial charge in [0.25, 0.3) is 0 Å². The van der Waals surface area contributed by atoms with E-state index in [-0.39, 0.29) is 17.7 Å². The summed E-state index contributed by atoms with van der Waals surface area (Å²) in [4.78, 5) is 26.2. The predicted molar refractivity (Wildman–Crippen MR) is 103 cm³/mol. The van der Waals surface area contributed by atoms with Crippen LogP contribution in [0.5, 0.6) is 5.75 Å². The first-order valence-electron chi connectivity index (χ1n) is 8.85. The Labute approximate surface area is 163 Å². The van der Waals surface area contributed by atoms with Gasteiger partial charge in [0.05, 0.1) is 17.5 Å². The van der Waals surface area contributed by atoms with E-state index in [1.54, 1.807) is 23.1 Å². The van der Waals surface area contributed by atoms with Crippen LogP contribution in [0.3, 0.4) is 0 Å². The lowest BCUT2D eigenvalue weighted by Gasteiger charge is -2.32. The zero-order chi connectivity index (χ0) is 18.9. The third-order valence-corrected chi connectivity index (χ3v) is 5.10. The normalized spacial score (nSPS) is 17.0. The molecule has 2 rings (SSSR count). The van der Waals surface area contributed by atoms with Crippen molar-refractivity contribution in [2.75, 3.05) is 32.8 Å². The van der Waals surface area contributed by atoms with E-state index in [9.17, 15) is 9.59 Å². The lowest BCUT2D eigenvalue weighted by atomic mass is 9.96. The Morgan fingerprint density at radius 2 is 2.15 bits per heavy atom. The fraction of sp³-hybridized carbons (Fsp3) is 0.556. The van der Waals surface area contributed by atoms with E-state index < -0.39 is 0 Å². The first kappa shape index (κ1) is 20.8. The van der Waals surface area contributed by atoms with Gasteiger partial charge in [-0.3, -0.25) is 9.59 Å². The number of nitrogens with one attached hydrogen (secondary N) is 1. The molecule has 1 heterocycles. The Morgan fingerprint density at radius 1 is 1.35 bits per heavy atom. The Balaban J connectivity index is 1.73. The van der Waals surface area contributed by atoms with Crippen LogP contribution in [-0.4, -0.2) is 49.5 Å². The standard InChI is InChI=1S/C18H25Cl2N3O3/c19-14-5-1-6-15(17(14)20)26-11-3-7-16(24)23-10-2-4-13(12-23)18(25)22-9-8-21/h1,5-6,13H,2-4,7-12,21H2,(H,22,25). The molecule has 6 nitrogen and oxygen atoms in total. The van der Waals surface area contributed by atoms with Crippen LogP contribution in [0.15, 0.2) is 18.2 Å². The number of carbonyl (C=O) groups excluding carboxylic acids is 2. The molecule has 0 aliphatic carbocycles. The highest BCUT2D eigenvalue weighted by atomic mass is 35.5.